The lowest BCUT2D eigenvalue weighted by Gasteiger charge is -2.10. The van der Waals surface area contributed by atoms with Crippen LogP contribution in [-0.4, -0.2) is 5.78 Å². The van der Waals surface area contributed by atoms with Crippen molar-refractivity contribution in [2.24, 2.45) is 0 Å². The van der Waals surface area contributed by atoms with Gasteiger partial charge in [0, 0.05) is 16.3 Å². The van der Waals surface area contributed by atoms with Crippen molar-refractivity contribution in [2.45, 2.75) is 13.8 Å². The number of halogens is 1. The van der Waals surface area contributed by atoms with E-state index in [1.54, 1.807) is 30.3 Å². The molecular weight excluding hydrogens is 262 g/mol. The zero-order valence-electron chi connectivity index (χ0n) is 10.7. The molecule has 0 aliphatic heterocycles. The Morgan fingerprint density at radius 1 is 1.21 bits per heavy atom. The zero-order chi connectivity index (χ0) is 14.0. The van der Waals surface area contributed by atoms with Gasteiger partial charge in [-0.2, -0.15) is 0 Å². The Kier molecular flexibility index (Phi) is 3.76. The summed E-state index contributed by atoms with van der Waals surface area (Å²) < 4.78 is 5.74. The van der Waals surface area contributed by atoms with Crippen molar-refractivity contribution in [1.29, 1.82) is 0 Å². The van der Waals surface area contributed by atoms with Crippen LogP contribution in [0.4, 0.5) is 5.69 Å². The first kappa shape index (κ1) is 13.4. The van der Waals surface area contributed by atoms with Crippen LogP contribution in [0.2, 0.25) is 5.02 Å². The number of rotatable bonds is 3. The van der Waals surface area contributed by atoms with Crippen molar-refractivity contribution in [3.63, 3.8) is 0 Å². The zero-order valence-corrected chi connectivity index (χ0v) is 11.5. The second-order valence-electron chi connectivity index (χ2n) is 4.32. The van der Waals surface area contributed by atoms with E-state index in [1.807, 2.05) is 13.0 Å². The minimum absolute atomic E-state index is 0.0872. The van der Waals surface area contributed by atoms with Crippen LogP contribution in [0.3, 0.4) is 0 Å². The van der Waals surface area contributed by atoms with Crippen molar-refractivity contribution in [3.05, 3.63) is 52.5 Å². The minimum atomic E-state index is -0.0872. The second kappa shape index (κ2) is 5.33. The number of carbonyl (C=O) groups excluding carboxylic acids is 1. The van der Waals surface area contributed by atoms with Crippen LogP contribution >= 0.6 is 11.6 Å². The third kappa shape index (κ3) is 3.06. The van der Waals surface area contributed by atoms with Crippen LogP contribution < -0.4 is 10.5 Å². The Morgan fingerprint density at radius 2 is 1.95 bits per heavy atom. The van der Waals surface area contributed by atoms with E-state index in [1.165, 1.54) is 6.92 Å². The number of Topliss-reactive ketones (excluding diaryl/α,β-unsaturated/α-hetero) is 1. The fourth-order valence-electron chi connectivity index (χ4n) is 1.76. The predicted molar refractivity (Wildman–Crippen MR) is 77.1 cm³/mol. The molecular formula is C15H14ClNO2. The Hall–Kier alpha value is -2.00. The van der Waals surface area contributed by atoms with Gasteiger partial charge in [0.1, 0.15) is 11.5 Å². The van der Waals surface area contributed by atoms with Crippen LogP contribution in [0, 0.1) is 6.92 Å². The van der Waals surface area contributed by atoms with Crippen LogP contribution in [0.5, 0.6) is 11.5 Å². The molecule has 0 aromatic heterocycles. The molecule has 2 N–H and O–H groups in total. The average Bonchev–Trinajstić information content (AvgIpc) is 2.34. The number of aryl methyl sites for hydroxylation is 1. The van der Waals surface area contributed by atoms with E-state index in [0.717, 1.165) is 5.56 Å². The first-order chi connectivity index (χ1) is 8.97. The molecule has 0 unspecified atom stereocenters. The standard InChI is InChI=1S/C15H14ClNO2/c1-9-7-11(16)3-6-15(9)19-12-4-5-14(17)13(8-12)10(2)18/h3-8H,17H2,1-2H3. The largest absolute Gasteiger partial charge is 0.457 e. The van der Waals surface area contributed by atoms with Crippen molar-refractivity contribution >= 4 is 23.1 Å². The summed E-state index contributed by atoms with van der Waals surface area (Å²) in [5.74, 6) is 1.18. The molecule has 0 aliphatic carbocycles. The molecule has 2 aromatic rings. The molecule has 2 rings (SSSR count). The number of ether oxygens (including phenoxy) is 1. The van der Waals surface area contributed by atoms with Crippen molar-refractivity contribution in [3.8, 4) is 11.5 Å². The molecule has 0 spiro atoms. The summed E-state index contributed by atoms with van der Waals surface area (Å²) in [7, 11) is 0. The number of ketones is 1. The van der Waals surface area contributed by atoms with Crippen molar-refractivity contribution in [2.75, 3.05) is 5.73 Å². The fraction of sp³-hybridized carbons (Fsp3) is 0.133. The number of benzene rings is 2. The molecule has 0 saturated carbocycles. The highest BCUT2D eigenvalue weighted by Gasteiger charge is 2.08. The maximum atomic E-state index is 11.4. The smallest absolute Gasteiger partial charge is 0.162 e. The minimum Gasteiger partial charge on any atom is -0.457 e. The molecule has 4 heteroatoms. The maximum absolute atomic E-state index is 11.4. The van der Waals surface area contributed by atoms with Gasteiger partial charge in [0.25, 0.3) is 0 Å². The van der Waals surface area contributed by atoms with E-state index < -0.39 is 0 Å². The van der Waals surface area contributed by atoms with Crippen molar-refractivity contribution < 1.29 is 9.53 Å². The van der Waals surface area contributed by atoms with Gasteiger partial charge < -0.3 is 10.5 Å². The first-order valence-corrected chi connectivity index (χ1v) is 6.19. The molecule has 0 heterocycles. The van der Waals surface area contributed by atoms with Gasteiger partial charge in [-0.1, -0.05) is 11.6 Å². The molecule has 0 amide bonds. The molecule has 0 radical (unpaired) electrons. The lowest BCUT2D eigenvalue weighted by Crippen LogP contribution is -2.00. The van der Waals surface area contributed by atoms with Gasteiger partial charge in [0.05, 0.1) is 0 Å². The Bertz CT molecular complexity index is 638. The van der Waals surface area contributed by atoms with Gasteiger partial charge in [-0.05, 0) is 55.8 Å². The third-order valence-corrected chi connectivity index (χ3v) is 3.00. The predicted octanol–water partition coefficient (Wildman–Crippen LogP) is 4.23. The fourth-order valence-corrected chi connectivity index (χ4v) is 1.98. The van der Waals surface area contributed by atoms with Gasteiger partial charge in [-0.3, -0.25) is 4.79 Å². The van der Waals surface area contributed by atoms with E-state index in [2.05, 4.69) is 0 Å². The molecule has 0 fully saturated rings. The van der Waals surface area contributed by atoms with Gasteiger partial charge in [0.2, 0.25) is 0 Å². The maximum Gasteiger partial charge on any atom is 0.162 e. The summed E-state index contributed by atoms with van der Waals surface area (Å²) in [6.07, 6.45) is 0. The number of hydrogen-bond donors (Lipinski definition) is 1. The normalized spacial score (nSPS) is 10.3. The van der Waals surface area contributed by atoms with E-state index in [0.29, 0.717) is 27.8 Å². The third-order valence-electron chi connectivity index (χ3n) is 2.77. The molecule has 3 nitrogen and oxygen atoms in total. The number of hydrogen-bond acceptors (Lipinski definition) is 3. The quantitative estimate of drug-likeness (QED) is 0.674. The summed E-state index contributed by atoms with van der Waals surface area (Å²) in [5.41, 5.74) is 7.58. The van der Waals surface area contributed by atoms with Crippen molar-refractivity contribution in [1.82, 2.24) is 0 Å². The summed E-state index contributed by atoms with van der Waals surface area (Å²) >= 11 is 5.89. The highest BCUT2D eigenvalue weighted by atomic mass is 35.5. The van der Waals surface area contributed by atoms with Gasteiger partial charge in [0.15, 0.2) is 5.78 Å². The monoisotopic (exact) mass is 275 g/mol. The molecule has 0 atom stereocenters. The van der Waals surface area contributed by atoms with Gasteiger partial charge in [-0.15, -0.1) is 0 Å². The topological polar surface area (TPSA) is 52.3 Å². The molecule has 2 aromatic carbocycles. The average molecular weight is 276 g/mol. The summed E-state index contributed by atoms with van der Waals surface area (Å²) in [6, 6.07) is 10.4. The van der Waals surface area contributed by atoms with Gasteiger partial charge >= 0.3 is 0 Å². The Morgan fingerprint density at radius 3 is 2.58 bits per heavy atom. The number of anilines is 1. The number of carbonyl (C=O) groups is 1. The first-order valence-electron chi connectivity index (χ1n) is 5.82. The van der Waals surface area contributed by atoms with Crippen LogP contribution in [0.25, 0.3) is 0 Å². The number of nitrogens with two attached hydrogens (primary N) is 1. The summed E-state index contributed by atoms with van der Waals surface area (Å²) in [4.78, 5) is 11.4. The molecule has 0 bridgehead atoms. The highest BCUT2D eigenvalue weighted by molar-refractivity contribution is 6.30. The number of nitrogen functional groups attached to an aromatic ring is 1. The van der Waals surface area contributed by atoms with Crippen LogP contribution in [0.1, 0.15) is 22.8 Å². The SMILES string of the molecule is CC(=O)c1cc(Oc2ccc(Cl)cc2C)ccc1N. The Balaban J connectivity index is 2.33. The highest BCUT2D eigenvalue weighted by Crippen LogP contribution is 2.29. The van der Waals surface area contributed by atoms with Crippen LogP contribution in [-0.2, 0) is 0 Å². The molecule has 0 saturated heterocycles. The van der Waals surface area contributed by atoms with E-state index in [9.17, 15) is 4.79 Å². The Labute approximate surface area is 117 Å². The molecule has 98 valence electrons. The van der Waals surface area contributed by atoms with Gasteiger partial charge in [-0.25, -0.2) is 0 Å². The molecule has 0 aliphatic rings. The van der Waals surface area contributed by atoms with E-state index in [4.69, 9.17) is 22.1 Å². The second-order valence-corrected chi connectivity index (χ2v) is 4.75. The van der Waals surface area contributed by atoms with E-state index >= 15 is 0 Å². The summed E-state index contributed by atoms with van der Waals surface area (Å²) in [6.45, 7) is 3.38. The van der Waals surface area contributed by atoms with Crippen LogP contribution in [0.15, 0.2) is 36.4 Å². The van der Waals surface area contributed by atoms with E-state index in [-0.39, 0.29) is 5.78 Å². The lowest BCUT2D eigenvalue weighted by atomic mass is 10.1. The summed E-state index contributed by atoms with van der Waals surface area (Å²) in [5, 5.41) is 0.659. The lowest BCUT2D eigenvalue weighted by molar-refractivity contribution is 0.101. The molecule has 19 heavy (non-hydrogen) atoms.